The first-order valence-electron chi connectivity index (χ1n) is 12.5. The molecule has 3 N–H and O–H groups in total. The molecule has 198 valence electrons. The lowest BCUT2D eigenvalue weighted by Crippen LogP contribution is -2.42. The molecule has 0 unspecified atom stereocenters. The number of ether oxygens (including phenoxy) is 1. The van der Waals surface area contributed by atoms with E-state index < -0.39 is 18.2 Å². The van der Waals surface area contributed by atoms with Gasteiger partial charge in [-0.15, -0.1) is 0 Å². The number of halogens is 3. The Balaban J connectivity index is 1.15. The Hall–Kier alpha value is -3.77. The molecule has 0 spiro atoms. The molecule has 4 aromatic rings. The SMILES string of the molecule is FC(F)(F)C1(COc2cc(-c3ccc4nc(Nc5cc(CN6CCNCC6)ccn5)[nH]c4c3)ncn2)CC1. The van der Waals surface area contributed by atoms with Gasteiger partial charge in [0, 0.05) is 50.6 Å². The number of imidazole rings is 1. The Morgan fingerprint density at radius 1 is 1.03 bits per heavy atom. The summed E-state index contributed by atoms with van der Waals surface area (Å²) in [6.07, 6.45) is -1.03. The summed E-state index contributed by atoms with van der Waals surface area (Å²) in [5, 5.41) is 6.61. The molecular weight excluding hydrogens is 497 g/mol. The summed E-state index contributed by atoms with van der Waals surface area (Å²) in [6.45, 7) is 4.46. The fourth-order valence-corrected chi connectivity index (χ4v) is 4.57. The maximum Gasteiger partial charge on any atom is 0.397 e. The van der Waals surface area contributed by atoms with Gasteiger partial charge in [0.1, 0.15) is 24.2 Å². The quantitative estimate of drug-likeness (QED) is 0.314. The Labute approximate surface area is 216 Å². The summed E-state index contributed by atoms with van der Waals surface area (Å²) in [6, 6.07) is 11.2. The van der Waals surface area contributed by atoms with Crippen molar-refractivity contribution in [3.63, 3.8) is 0 Å². The summed E-state index contributed by atoms with van der Waals surface area (Å²) in [7, 11) is 0. The molecule has 2 aliphatic rings. The number of rotatable bonds is 8. The van der Waals surface area contributed by atoms with Crippen molar-refractivity contribution < 1.29 is 17.9 Å². The van der Waals surface area contributed by atoms with Crippen LogP contribution in [-0.4, -0.2) is 68.8 Å². The number of pyridine rings is 1. The van der Waals surface area contributed by atoms with Gasteiger partial charge in [-0.25, -0.2) is 19.9 Å². The monoisotopic (exact) mass is 524 g/mol. The molecule has 0 bridgehead atoms. The van der Waals surface area contributed by atoms with Gasteiger partial charge in [0.05, 0.1) is 16.7 Å². The van der Waals surface area contributed by atoms with E-state index in [4.69, 9.17) is 4.74 Å². The highest BCUT2D eigenvalue weighted by Crippen LogP contribution is 2.57. The number of hydrogen-bond acceptors (Lipinski definition) is 8. The number of aromatic nitrogens is 5. The molecule has 0 radical (unpaired) electrons. The number of anilines is 2. The first kappa shape index (κ1) is 24.6. The smallest absolute Gasteiger partial charge is 0.397 e. The van der Waals surface area contributed by atoms with Gasteiger partial charge < -0.3 is 20.4 Å². The normalized spacial score (nSPS) is 17.4. The maximum atomic E-state index is 13.2. The largest absolute Gasteiger partial charge is 0.477 e. The zero-order valence-electron chi connectivity index (χ0n) is 20.6. The first-order valence-corrected chi connectivity index (χ1v) is 12.5. The molecule has 9 nitrogen and oxygen atoms in total. The van der Waals surface area contributed by atoms with Crippen molar-refractivity contribution in [2.45, 2.75) is 25.6 Å². The molecule has 0 atom stereocenters. The second-order valence-corrected chi connectivity index (χ2v) is 9.83. The predicted molar refractivity (Wildman–Crippen MR) is 136 cm³/mol. The van der Waals surface area contributed by atoms with Gasteiger partial charge in [-0.2, -0.15) is 13.2 Å². The highest BCUT2D eigenvalue weighted by Gasteiger charge is 2.64. The van der Waals surface area contributed by atoms with Crippen LogP contribution in [0.15, 0.2) is 48.9 Å². The highest BCUT2D eigenvalue weighted by molar-refractivity contribution is 5.83. The lowest BCUT2D eigenvalue weighted by Gasteiger charge is -2.27. The predicted octanol–water partition coefficient (Wildman–Crippen LogP) is 4.29. The van der Waals surface area contributed by atoms with Crippen molar-refractivity contribution in [1.82, 2.24) is 35.1 Å². The second kappa shape index (κ2) is 9.84. The van der Waals surface area contributed by atoms with Crippen molar-refractivity contribution in [2.75, 3.05) is 38.1 Å². The highest BCUT2D eigenvalue weighted by atomic mass is 19.4. The summed E-state index contributed by atoms with van der Waals surface area (Å²) in [5.41, 5.74) is 2.24. The van der Waals surface area contributed by atoms with Crippen molar-refractivity contribution >= 4 is 22.8 Å². The van der Waals surface area contributed by atoms with E-state index in [1.54, 1.807) is 12.3 Å². The Morgan fingerprint density at radius 2 is 1.87 bits per heavy atom. The minimum atomic E-state index is -4.28. The average Bonchev–Trinajstić information content (AvgIpc) is 3.62. The third-order valence-electron chi connectivity index (χ3n) is 7.06. The van der Waals surface area contributed by atoms with E-state index in [0.29, 0.717) is 17.5 Å². The van der Waals surface area contributed by atoms with Crippen molar-refractivity contribution in [3.8, 4) is 17.1 Å². The zero-order valence-corrected chi connectivity index (χ0v) is 20.6. The van der Waals surface area contributed by atoms with E-state index in [2.05, 4.69) is 40.5 Å². The number of H-pyrrole nitrogens is 1. The Bertz CT molecular complexity index is 1430. The average molecular weight is 525 g/mol. The fourth-order valence-electron chi connectivity index (χ4n) is 4.57. The topological polar surface area (TPSA) is 104 Å². The third-order valence-corrected chi connectivity index (χ3v) is 7.06. The van der Waals surface area contributed by atoms with E-state index in [0.717, 1.165) is 49.3 Å². The standard InChI is InChI=1S/C26H27F3N8O/c27-26(28,29)25(4-5-25)15-38-23-13-20(32-16-33-23)18-1-2-19-21(12-18)35-24(34-19)36-22-11-17(3-6-31-22)14-37-9-7-30-8-10-37/h1-3,6,11-13,16,30H,4-5,7-10,14-15H2,(H2,31,34,35,36). The van der Waals surface area contributed by atoms with Crippen LogP contribution in [0.1, 0.15) is 18.4 Å². The number of piperazine rings is 1. The molecule has 0 amide bonds. The molecule has 2 fully saturated rings. The first-order chi connectivity index (χ1) is 18.4. The van der Waals surface area contributed by atoms with E-state index in [1.165, 1.54) is 11.9 Å². The molecule has 6 rings (SSSR count). The molecular formula is C26H27F3N8O. The lowest BCUT2D eigenvalue weighted by molar-refractivity contribution is -0.194. The van der Waals surface area contributed by atoms with Crippen LogP contribution in [0.2, 0.25) is 0 Å². The summed E-state index contributed by atoms with van der Waals surface area (Å²) in [4.78, 5) is 23.0. The molecule has 4 heterocycles. The van der Waals surface area contributed by atoms with E-state index in [1.807, 2.05) is 30.3 Å². The van der Waals surface area contributed by atoms with Crippen LogP contribution >= 0.6 is 0 Å². The summed E-state index contributed by atoms with van der Waals surface area (Å²) >= 11 is 0. The van der Waals surface area contributed by atoms with Crippen LogP contribution in [0.5, 0.6) is 5.88 Å². The summed E-state index contributed by atoms with van der Waals surface area (Å²) < 4.78 is 45.1. The Morgan fingerprint density at radius 3 is 2.66 bits per heavy atom. The fraction of sp³-hybridized carbons (Fsp3) is 0.385. The molecule has 12 heteroatoms. The molecule has 38 heavy (non-hydrogen) atoms. The number of aromatic amines is 1. The molecule has 1 aromatic carbocycles. The van der Waals surface area contributed by atoms with Gasteiger partial charge in [-0.3, -0.25) is 4.90 Å². The van der Waals surface area contributed by atoms with Gasteiger partial charge in [-0.1, -0.05) is 6.07 Å². The lowest BCUT2D eigenvalue weighted by atomic mass is 10.1. The van der Waals surface area contributed by atoms with E-state index in [9.17, 15) is 13.2 Å². The van der Waals surface area contributed by atoms with Gasteiger partial charge >= 0.3 is 6.18 Å². The maximum absolute atomic E-state index is 13.2. The van der Waals surface area contributed by atoms with Gasteiger partial charge in [-0.05, 0) is 42.7 Å². The number of nitrogens with one attached hydrogen (secondary N) is 3. The van der Waals surface area contributed by atoms with Gasteiger partial charge in [0.25, 0.3) is 0 Å². The number of alkyl halides is 3. The van der Waals surface area contributed by atoms with E-state index >= 15 is 0 Å². The zero-order chi connectivity index (χ0) is 26.2. The number of fused-ring (bicyclic) bond motifs is 1. The Kier molecular flexibility index (Phi) is 6.36. The van der Waals surface area contributed by atoms with Crippen molar-refractivity contribution in [3.05, 3.63) is 54.5 Å². The van der Waals surface area contributed by atoms with Crippen LogP contribution < -0.4 is 15.4 Å². The van der Waals surface area contributed by atoms with E-state index in [-0.39, 0.29) is 18.7 Å². The minimum Gasteiger partial charge on any atom is -0.477 e. The summed E-state index contributed by atoms with van der Waals surface area (Å²) in [5.74, 6) is 1.36. The molecule has 1 saturated heterocycles. The number of benzene rings is 1. The number of hydrogen-bond donors (Lipinski definition) is 3. The van der Waals surface area contributed by atoms with Crippen LogP contribution in [0.25, 0.3) is 22.3 Å². The van der Waals surface area contributed by atoms with Gasteiger partial charge in [0.15, 0.2) is 0 Å². The molecule has 3 aromatic heterocycles. The minimum absolute atomic E-state index is 0.0806. The van der Waals surface area contributed by atoms with Crippen molar-refractivity contribution in [1.29, 1.82) is 0 Å². The molecule has 1 aliphatic carbocycles. The van der Waals surface area contributed by atoms with Crippen LogP contribution in [0.3, 0.4) is 0 Å². The second-order valence-electron chi connectivity index (χ2n) is 9.83. The van der Waals surface area contributed by atoms with Crippen molar-refractivity contribution in [2.24, 2.45) is 5.41 Å². The van der Waals surface area contributed by atoms with Crippen LogP contribution in [-0.2, 0) is 6.54 Å². The van der Waals surface area contributed by atoms with Gasteiger partial charge in [0.2, 0.25) is 11.8 Å². The van der Waals surface area contributed by atoms with Crippen LogP contribution in [0.4, 0.5) is 24.9 Å². The number of nitrogens with zero attached hydrogens (tertiary/aromatic N) is 5. The molecule has 1 saturated carbocycles. The third kappa shape index (κ3) is 5.27. The van der Waals surface area contributed by atoms with Crippen LogP contribution in [0, 0.1) is 5.41 Å². The molecule has 1 aliphatic heterocycles.